The quantitative estimate of drug-likeness (QED) is 0.231. The Hall–Kier alpha value is -4.42. The summed E-state index contributed by atoms with van der Waals surface area (Å²) in [6.45, 7) is 0.00285. The first kappa shape index (κ1) is 25.7. The van der Waals surface area contributed by atoms with E-state index in [1.807, 2.05) is 6.07 Å². The number of hydrogen-bond acceptors (Lipinski definition) is 9. The SMILES string of the molecule is COC(=O)c1csc(NC(=O)[C@H](Cc2ccccc2)n2c(O)c(-c3ccc(OCCO)cc3)[nH]c2=O)n1. The Balaban J connectivity index is 1.67. The molecule has 0 unspecified atom stereocenters. The van der Waals surface area contributed by atoms with Crippen molar-refractivity contribution in [2.75, 3.05) is 25.6 Å². The molecule has 0 saturated heterocycles. The Morgan fingerprint density at radius 3 is 2.57 bits per heavy atom. The third-order valence-electron chi connectivity index (χ3n) is 5.42. The smallest absolute Gasteiger partial charge is 0.357 e. The van der Waals surface area contributed by atoms with Crippen molar-refractivity contribution in [2.24, 2.45) is 0 Å². The number of carbonyl (C=O) groups is 2. The fourth-order valence-corrected chi connectivity index (χ4v) is 4.35. The number of carbonyl (C=O) groups excluding carboxylic acids is 2. The van der Waals surface area contributed by atoms with Crippen LogP contribution >= 0.6 is 11.3 Å². The van der Waals surface area contributed by atoms with Crippen LogP contribution in [0.1, 0.15) is 22.1 Å². The van der Waals surface area contributed by atoms with Crippen molar-refractivity contribution in [3.63, 3.8) is 0 Å². The van der Waals surface area contributed by atoms with Crippen molar-refractivity contribution >= 4 is 28.3 Å². The number of H-pyrrole nitrogens is 1. The van der Waals surface area contributed by atoms with Crippen molar-refractivity contribution in [2.45, 2.75) is 12.5 Å². The molecule has 0 saturated carbocycles. The zero-order valence-electron chi connectivity index (χ0n) is 19.7. The van der Waals surface area contributed by atoms with Crippen LogP contribution < -0.4 is 15.7 Å². The highest BCUT2D eigenvalue weighted by atomic mass is 32.1. The maximum absolute atomic E-state index is 13.4. The average molecular weight is 525 g/mol. The first-order valence-electron chi connectivity index (χ1n) is 11.2. The van der Waals surface area contributed by atoms with Crippen molar-refractivity contribution in [3.8, 4) is 22.9 Å². The molecule has 0 bridgehead atoms. The number of benzene rings is 2. The van der Waals surface area contributed by atoms with Gasteiger partial charge in [0.15, 0.2) is 10.8 Å². The highest BCUT2D eigenvalue weighted by molar-refractivity contribution is 7.14. The predicted octanol–water partition coefficient (Wildman–Crippen LogP) is 2.59. The third-order valence-corrected chi connectivity index (χ3v) is 6.18. The molecule has 0 fully saturated rings. The molecular weight excluding hydrogens is 500 g/mol. The summed E-state index contributed by atoms with van der Waals surface area (Å²) in [5, 5.41) is 24.2. The summed E-state index contributed by atoms with van der Waals surface area (Å²) < 4.78 is 11.0. The zero-order chi connectivity index (χ0) is 26.4. The first-order chi connectivity index (χ1) is 17.9. The van der Waals surface area contributed by atoms with Crippen LogP contribution in [0, 0.1) is 0 Å². The summed E-state index contributed by atoms with van der Waals surface area (Å²) in [5.74, 6) is -1.16. The first-order valence-corrected chi connectivity index (χ1v) is 12.1. The summed E-state index contributed by atoms with van der Waals surface area (Å²) >= 11 is 1.03. The Bertz CT molecular complexity index is 1430. The number of esters is 1. The number of rotatable bonds is 10. The molecule has 1 atom stereocenters. The van der Waals surface area contributed by atoms with E-state index in [0.29, 0.717) is 11.3 Å². The maximum atomic E-state index is 13.4. The number of amides is 1. The molecule has 37 heavy (non-hydrogen) atoms. The number of imidazole rings is 1. The van der Waals surface area contributed by atoms with Gasteiger partial charge in [-0.05, 0) is 29.8 Å². The van der Waals surface area contributed by atoms with Crippen LogP contribution in [0.3, 0.4) is 0 Å². The molecule has 0 aliphatic heterocycles. The number of hydrogen-bond donors (Lipinski definition) is 4. The highest BCUT2D eigenvalue weighted by Crippen LogP contribution is 2.31. The van der Waals surface area contributed by atoms with Gasteiger partial charge in [0.1, 0.15) is 24.1 Å². The molecule has 0 aliphatic carbocycles. The molecule has 0 radical (unpaired) electrons. The minimum atomic E-state index is -1.14. The number of thiazole rings is 1. The summed E-state index contributed by atoms with van der Waals surface area (Å²) in [4.78, 5) is 44.8. The minimum absolute atomic E-state index is 0.0396. The molecule has 2 aromatic heterocycles. The van der Waals surface area contributed by atoms with Crippen molar-refractivity contribution in [3.05, 3.63) is 81.7 Å². The van der Waals surface area contributed by atoms with Gasteiger partial charge < -0.3 is 30.0 Å². The van der Waals surface area contributed by atoms with E-state index in [2.05, 4.69) is 20.0 Å². The molecule has 4 rings (SSSR count). The third kappa shape index (κ3) is 5.88. The van der Waals surface area contributed by atoms with E-state index in [0.717, 1.165) is 21.5 Å². The van der Waals surface area contributed by atoms with Crippen molar-refractivity contribution < 1.29 is 29.3 Å². The van der Waals surface area contributed by atoms with Crippen LogP contribution in [0.4, 0.5) is 5.13 Å². The van der Waals surface area contributed by atoms with Gasteiger partial charge in [0, 0.05) is 17.4 Å². The van der Waals surface area contributed by atoms with Gasteiger partial charge in [-0.2, -0.15) is 0 Å². The van der Waals surface area contributed by atoms with E-state index >= 15 is 0 Å². The van der Waals surface area contributed by atoms with Crippen molar-refractivity contribution in [1.82, 2.24) is 14.5 Å². The molecule has 0 aliphatic rings. The molecular formula is C25H24N4O7S. The number of nitrogens with zero attached hydrogens (tertiary/aromatic N) is 2. The molecule has 12 heteroatoms. The summed E-state index contributed by atoms with van der Waals surface area (Å²) in [6.07, 6.45) is 0.0978. The number of aromatic nitrogens is 3. The van der Waals surface area contributed by atoms with Crippen molar-refractivity contribution in [1.29, 1.82) is 0 Å². The topological polar surface area (TPSA) is 156 Å². The van der Waals surface area contributed by atoms with Crippen LogP contribution in [-0.4, -0.2) is 56.9 Å². The Morgan fingerprint density at radius 2 is 1.89 bits per heavy atom. The van der Waals surface area contributed by atoms with Gasteiger partial charge in [-0.1, -0.05) is 30.3 Å². The van der Waals surface area contributed by atoms with Crippen LogP contribution in [0.15, 0.2) is 64.8 Å². The number of aliphatic hydroxyl groups excluding tert-OH is 1. The molecule has 4 aromatic rings. The van der Waals surface area contributed by atoms with Crippen LogP contribution in [0.5, 0.6) is 11.6 Å². The van der Waals surface area contributed by atoms with Crippen LogP contribution in [0.25, 0.3) is 11.3 Å². The highest BCUT2D eigenvalue weighted by Gasteiger charge is 2.29. The van der Waals surface area contributed by atoms with E-state index < -0.39 is 29.5 Å². The van der Waals surface area contributed by atoms with E-state index in [9.17, 15) is 19.5 Å². The molecule has 0 spiro atoms. The second-order valence-corrected chi connectivity index (χ2v) is 8.68. The van der Waals surface area contributed by atoms with E-state index in [4.69, 9.17) is 9.84 Å². The van der Waals surface area contributed by atoms with Crippen LogP contribution in [0.2, 0.25) is 0 Å². The number of anilines is 1. The monoisotopic (exact) mass is 524 g/mol. The van der Waals surface area contributed by atoms with Gasteiger partial charge in [-0.15, -0.1) is 11.3 Å². The average Bonchev–Trinajstić information content (AvgIpc) is 3.50. The number of aromatic hydroxyl groups is 1. The lowest BCUT2D eigenvalue weighted by Gasteiger charge is -2.18. The second-order valence-electron chi connectivity index (χ2n) is 7.82. The number of ether oxygens (including phenoxy) is 2. The maximum Gasteiger partial charge on any atom is 0.357 e. The van der Waals surface area contributed by atoms with E-state index in [-0.39, 0.29) is 36.2 Å². The lowest BCUT2D eigenvalue weighted by molar-refractivity contribution is -0.119. The number of nitrogens with one attached hydrogen (secondary N) is 2. The Labute approximate surface area is 215 Å². The standard InChI is InChI=1S/C25H24N4O7S/c1-35-23(33)18-14-37-24(26-18)28-21(31)19(13-15-5-3-2-4-6-15)29-22(32)20(27-25(29)34)16-7-9-17(10-8-16)36-12-11-30/h2-10,14,19,30,32H,11-13H2,1H3,(H,27,34)(H,26,28,31)/t19-/m0/s1. The molecule has 1 amide bonds. The van der Waals surface area contributed by atoms with Gasteiger partial charge in [-0.25, -0.2) is 19.1 Å². The van der Waals surface area contributed by atoms with Gasteiger partial charge in [-0.3, -0.25) is 4.79 Å². The summed E-state index contributed by atoms with van der Waals surface area (Å²) in [7, 11) is 1.23. The Morgan fingerprint density at radius 1 is 1.16 bits per heavy atom. The molecule has 192 valence electrons. The summed E-state index contributed by atoms with van der Waals surface area (Å²) in [5.41, 5.74) is 0.742. The van der Waals surface area contributed by atoms with E-state index in [1.54, 1.807) is 48.5 Å². The fourth-order valence-electron chi connectivity index (χ4n) is 3.67. The second kappa shape index (κ2) is 11.5. The normalized spacial score (nSPS) is 11.6. The molecule has 4 N–H and O–H groups in total. The predicted molar refractivity (Wildman–Crippen MR) is 136 cm³/mol. The zero-order valence-corrected chi connectivity index (χ0v) is 20.5. The van der Waals surface area contributed by atoms with Gasteiger partial charge in [0.05, 0.1) is 13.7 Å². The molecule has 2 heterocycles. The van der Waals surface area contributed by atoms with Crippen LogP contribution in [-0.2, 0) is 16.0 Å². The van der Waals surface area contributed by atoms with Gasteiger partial charge >= 0.3 is 11.7 Å². The van der Waals surface area contributed by atoms with Gasteiger partial charge in [0.25, 0.3) is 0 Å². The minimum Gasteiger partial charge on any atom is -0.493 e. The number of aliphatic hydroxyl groups is 1. The molecule has 2 aromatic carbocycles. The fraction of sp³-hybridized carbons (Fsp3) is 0.200. The lowest BCUT2D eigenvalue weighted by Crippen LogP contribution is -2.33. The molecule has 11 nitrogen and oxygen atoms in total. The number of methoxy groups -OCH3 is 1. The van der Waals surface area contributed by atoms with Gasteiger partial charge in [0.2, 0.25) is 11.8 Å². The largest absolute Gasteiger partial charge is 0.493 e. The Kier molecular flexibility index (Phi) is 8.01. The van der Waals surface area contributed by atoms with E-state index in [1.165, 1.54) is 12.5 Å². The number of aromatic amines is 1. The summed E-state index contributed by atoms with van der Waals surface area (Å²) in [6, 6.07) is 14.5. The lowest BCUT2D eigenvalue weighted by atomic mass is 10.0.